The van der Waals surface area contributed by atoms with Gasteiger partial charge in [0.1, 0.15) is 6.04 Å². The molecule has 1 aliphatic rings. The van der Waals surface area contributed by atoms with Gasteiger partial charge in [-0.15, -0.1) is 0 Å². The van der Waals surface area contributed by atoms with Gasteiger partial charge in [-0.3, -0.25) is 14.4 Å². The molecule has 0 bridgehead atoms. The number of rotatable bonds is 7. The number of esters is 1. The summed E-state index contributed by atoms with van der Waals surface area (Å²) in [6.45, 7) is 6.49. The largest absolute Gasteiger partial charge is 0.456 e. The fraction of sp³-hybridized carbons (Fsp3) is 0.375. The zero-order valence-electron chi connectivity index (χ0n) is 19.2. The highest BCUT2D eigenvalue weighted by Crippen LogP contribution is 2.31. The van der Waals surface area contributed by atoms with Crippen LogP contribution in [-0.4, -0.2) is 49.6 Å². The van der Waals surface area contributed by atoms with Crippen LogP contribution in [0.5, 0.6) is 0 Å². The lowest BCUT2D eigenvalue weighted by atomic mass is 10.1. The molecule has 1 heterocycles. The first-order valence-electron chi connectivity index (χ1n) is 10.7. The lowest BCUT2D eigenvalue weighted by Crippen LogP contribution is -2.42. The van der Waals surface area contributed by atoms with Gasteiger partial charge in [-0.25, -0.2) is 8.42 Å². The first kappa shape index (κ1) is 24.6. The first-order valence-corrected chi connectivity index (χ1v) is 12.1. The standard InChI is InChI=1S/C24H28N2O6S/c1-15-12-16(2)23(17(3)13-15)33(30,31)26-11-5-6-21(26)24(29)32-14-22(28)19-7-9-20(10-8-19)25-18(4)27/h7-10,12-13,21H,5-6,11,14H2,1-4H3,(H,25,27). The molecular formula is C24H28N2O6S. The molecule has 1 aliphatic heterocycles. The van der Waals surface area contributed by atoms with E-state index in [0.29, 0.717) is 35.2 Å². The van der Waals surface area contributed by atoms with Crippen LogP contribution < -0.4 is 5.32 Å². The van der Waals surface area contributed by atoms with Crippen LogP contribution in [0.2, 0.25) is 0 Å². The quantitative estimate of drug-likeness (QED) is 0.490. The molecule has 9 heteroatoms. The zero-order chi connectivity index (χ0) is 24.3. The highest BCUT2D eigenvalue weighted by molar-refractivity contribution is 7.89. The number of hydrogen-bond acceptors (Lipinski definition) is 6. The van der Waals surface area contributed by atoms with Crippen LogP contribution in [0.25, 0.3) is 0 Å². The number of carbonyl (C=O) groups is 3. The molecule has 176 valence electrons. The number of benzene rings is 2. The van der Waals surface area contributed by atoms with Crippen molar-refractivity contribution in [2.75, 3.05) is 18.5 Å². The summed E-state index contributed by atoms with van der Waals surface area (Å²) in [7, 11) is -3.90. The van der Waals surface area contributed by atoms with Crippen molar-refractivity contribution in [3.8, 4) is 0 Å². The lowest BCUT2D eigenvalue weighted by molar-refractivity contribution is -0.146. The maximum absolute atomic E-state index is 13.4. The van der Waals surface area contributed by atoms with Gasteiger partial charge >= 0.3 is 5.97 Å². The van der Waals surface area contributed by atoms with Gasteiger partial charge in [-0.05, 0) is 69.0 Å². The van der Waals surface area contributed by atoms with Crippen molar-refractivity contribution in [3.05, 3.63) is 58.7 Å². The Morgan fingerprint density at radius 3 is 2.24 bits per heavy atom. The summed E-state index contributed by atoms with van der Waals surface area (Å²) in [4.78, 5) is 36.5. The molecule has 1 amide bonds. The minimum atomic E-state index is -3.90. The number of ether oxygens (including phenoxy) is 1. The van der Waals surface area contributed by atoms with Crippen molar-refractivity contribution in [3.63, 3.8) is 0 Å². The monoisotopic (exact) mass is 472 g/mol. The van der Waals surface area contributed by atoms with E-state index in [0.717, 1.165) is 5.56 Å². The molecule has 33 heavy (non-hydrogen) atoms. The average molecular weight is 473 g/mol. The Kier molecular flexibility index (Phi) is 7.34. The number of hydrogen-bond donors (Lipinski definition) is 1. The molecule has 1 saturated heterocycles. The Labute approximate surface area is 194 Å². The van der Waals surface area contributed by atoms with Crippen molar-refractivity contribution in [2.45, 2.75) is 51.5 Å². The van der Waals surface area contributed by atoms with Crippen LogP contribution in [-0.2, 0) is 24.3 Å². The minimum Gasteiger partial charge on any atom is -0.456 e. The molecule has 1 unspecified atom stereocenters. The van der Waals surface area contributed by atoms with E-state index in [9.17, 15) is 22.8 Å². The highest BCUT2D eigenvalue weighted by atomic mass is 32.2. The predicted octanol–water partition coefficient (Wildman–Crippen LogP) is 3.15. The second kappa shape index (κ2) is 9.84. The third-order valence-electron chi connectivity index (χ3n) is 5.52. The number of nitrogens with one attached hydrogen (secondary N) is 1. The molecule has 0 saturated carbocycles. The van der Waals surface area contributed by atoms with Crippen molar-refractivity contribution < 1.29 is 27.5 Å². The highest BCUT2D eigenvalue weighted by Gasteiger charge is 2.41. The Morgan fingerprint density at radius 1 is 1.06 bits per heavy atom. The predicted molar refractivity (Wildman–Crippen MR) is 124 cm³/mol. The molecule has 2 aromatic rings. The van der Waals surface area contributed by atoms with Gasteiger partial charge in [0.15, 0.2) is 12.4 Å². The topological polar surface area (TPSA) is 110 Å². The van der Waals surface area contributed by atoms with Crippen LogP contribution >= 0.6 is 0 Å². The molecule has 2 aromatic carbocycles. The van der Waals surface area contributed by atoms with Crippen LogP contribution in [0.4, 0.5) is 5.69 Å². The smallest absolute Gasteiger partial charge is 0.324 e. The number of ketones is 1. The van der Waals surface area contributed by atoms with Gasteiger partial charge in [-0.2, -0.15) is 4.31 Å². The summed E-state index contributed by atoms with van der Waals surface area (Å²) < 4.78 is 33.2. The Hall–Kier alpha value is -3.04. The summed E-state index contributed by atoms with van der Waals surface area (Å²) in [6.07, 6.45) is 0.864. The summed E-state index contributed by atoms with van der Waals surface area (Å²) in [5.41, 5.74) is 3.09. The van der Waals surface area contributed by atoms with Gasteiger partial charge in [0.25, 0.3) is 0 Å². The number of aryl methyl sites for hydroxylation is 3. The van der Waals surface area contributed by atoms with E-state index in [1.165, 1.54) is 23.4 Å². The maximum Gasteiger partial charge on any atom is 0.324 e. The van der Waals surface area contributed by atoms with Gasteiger partial charge in [-0.1, -0.05) is 17.7 Å². The second-order valence-electron chi connectivity index (χ2n) is 8.29. The number of amides is 1. The molecule has 1 fully saturated rings. The summed E-state index contributed by atoms with van der Waals surface area (Å²) in [6, 6.07) is 8.85. The van der Waals surface area contributed by atoms with Crippen LogP contribution in [0.15, 0.2) is 41.3 Å². The van der Waals surface area contributed by atoms with Crippen LogP contribution in [0.1, 0.15) is 46.8 Å². The molecule has 3 rings (SSSR count). The van der Waals surface area contributed by atoms with E-state index < -0.39 is 34.4 Å². The van der Waals surface area contributed by atoms with E-state index in [2.05, 4.69) is 5.32 Å². The third kappa shape index (κ3) is 5.48. The fourth-order valence-corrected chi connectivity index (χ4v) is 6.28. The zero-order valence-corrected chi connectivity index (χ0v) is 20.0. The number of nitrogens with zero attached hydrogens (tertiary/aromatic N) is 1. The number of carbonyl (C=O) groups excluding carboxylic acids is 3. The summed E-state index contributed by atoms with van der Waals surface area (Å²) in [5, 5.41) is 2.60. The lowest BCUT2D eigenvalue weighted by Gasteiger charge is -2.24. The van der Waals surface area contributed by atoms with E-state index in [-0.39, 0.29) is 17.3 Å². The van der Waals surface area contributed by atoms with Gasteiger partial charge in [0, 0.05) is 24.7 Å². The second-order valence-corrected chi connectivity index (χ2v) is 10.1. The van der Waals surface area contributed by atoms with Crippen molar-refractivity contribution >= 4 is 33.4 Å². The van der Waals surface area contributed by atoms with E-state index in [4.69, 9.17) is 4.74 Å². The molecule has 0 spiro atoms. The summed E-state index contributed by atoms with van der Waals surface area (Å²) in [5.74, 6) is -1.38. The van der Waals surface area contributed by atoms with E-state index in [1.807, 2.05) is 6.92 Å². The van der Waals surface area contributed by atoms with Gasteiger partial charge in [0.2, 0.25) is 15.9 Å². The van der Waals surface area contributed by atoms with Crippen LogP contribution in [0.3, 0.4) is 0 Å². The van der Waals surface area contributed by atoms with Gasteiger partial charge < -0.3 is 10.1 Å². The normalized spacial score (nSPS) is 16.4. The number of anilines is 1. The third-order valence-corrected chi connectivity index (χ3v) is 7.73. The van der Waals surface area contributed by atoms with Crippen molar-refractivity contribution in [2.24, 2.45) is 0 Å². The average Bonchev–Trinajstić information content (AvgIpc) is 3.22. The van der Waals surface area contributed by atoms with Gasteiger partial charge in [0.05, 0.1) is 4.90 Å². The maximum atomic E-state index is 13.4. The summed E-state index contributed by atoms with van der Waals surface area (Å²) >= 11 is 0. The minimum absolute atomic E-state index is 0.211. The SMILES string of the molecule is CC(=O)Nc1ccc(C(=O)COC(=O)C2CCCN2S(=O)(=O)c2c(C)cc(C)cc2C)cc1. The molecule has 0 aliphatic carbocycles. The molecule has 0 radical (unpaired) electrons. The fourth-order valence-electron chi connectivity index (χ4n) is 4.21. The first-order chi connectivity index (χ1) is 15.5. The Morgan fingerprint density at radius 2 is 1.67 bits per heavy atom. The van der Waals surface area contributed by atoms with Crippen molar-refractivity contribution in [1.82, 2.24) is 4.31 Å². The molecule has 1 atom stereocenters. The van der Waals surface area contributed by atoms with Crippen molar-refractivity contribution in [1.29, 1.82) is 0 Å². The molecule has 8 nitrogen and oxygen atoms in total. The molecule has 0 aromatic heterocycles. The van der Waals surface area contributed by atoms with Crippen LogP contribution in [0, 0.1) is 20.8 Å². The van der Waals surface area contributed by atoms with E-state index in [1.54, 1.807) is 38.1 Å². The molecular weight excluding hydrogens is 444 g/mol. The molecule has 1 N–H and O–H groups in total. The Bertz CT molecular complexity index is 1160. The van der Waals surface area contributed by atoms with E-state index >= 15 is 0 Å². The number of sulfonamides is 1. The number of Topliss-reactive ketones (excluding diaryl/α,β-unsaturated/α-hetero) is 1. The Balaban J connectivity index is 1.70.